The van der Waals surface area contributed by atoms with E-state index in [9.17, 15) is 4.79 Å². The Kier molecular flexibility index (Phi) is 4.42. The van der Waals surface area contributed by atoms with E-state index in [0.29, 0.717) is 0 Å². The van der Waals surface area contributed by atoms with Crippen molar-refractivity contribution in [3.05, 3.63) is 53.3 Å². The zero-order valence-corrected chi connectivity index (χ0v) is 14.2. The van der Waals surface area contributed by atoms with Gasteiger partial charge in [-0.2, -0.15) is 0 Å². The minimum absolute atomic E-state index is 0.00240. The summed E-state index contributed by atoms with van der Waals surface area (Å²) < 4.78 is 2.34. The molecule has 1 atom stereocenters. The van der Waals surface area contributed by atoms with Crippen molar-refractivity contribution in [3.8, 4) is 0 Å². The van der Waals surface area contributed by atoms with Gasteiger partial charge in [0.05, 0.1) is 6.04 Å². The molecule has 122 valence electrons. The van der Waals surface area contributed by atoms with Gasteiger partial charge in [-0.3, -0.25) is 0 Å². The molecule has 0 spiro atoms. The Labute approximate surface area is 138 Å². The molecule has 0 saturated carbocycles. The number of hydrogen-bond donors (Lipinski definition) is 1. The predicted octanol–water partition coefficient (Wildman–Crippen LogP) is 4.49. The van der Waals surface area contributed by atoms with E-state index < -0.39 is 0 Å². The van der Waals surface area contributed by atoms with Crippen molar-refractivity contribution < 1.29 is 4.79 Å². The van der Waals surface area contributed by atoms with Gasteiger partial charge < -0.3 is 14.8 Å². The van der Waals surface area contributed by atoms with Crippen LogP contribution in [0.3, 0.4) is 0 Å². The standard InChI is InChI=1S/C19H25N3O/c1-4-5-17-18-11-8-15(3)21(18)12-13-22(17)19(23)20-16-9-6-14(2)7-10-16/h6-11,17H,4-5,12-13H2,1-3H3,(H,20,23)/t17-/m0/s1. The summed E-state index contributed by atoms with van der Waals surface area (Å²) in [5, 5.41) is 3.04. The van der Waals surface area contributed by atoms with Crippen molar-refractivity contribution in [3.63, 3.8) is 0 Å². The van der Waals surface area contributed by atoms with Crippen LogP contribution in [0, 0.1) is 13.8 Å². The highest BCUT2D eigenvalue weighted by molar-refractivity contribution is 5.89. The molecule has 1 N–H and O–H groups in total. The fourth-order valence-corrected chi connectivity index (χ4v) is 3.36. The minimum Gasteiger partial charge on any atom is -0.345 e. The summed E-state index contributed by atoms with van der Waals surface area (Å²) in [6, 6.07) is 12.4. The number of carbonyl (C=O) groups excluding carboxylic acids is 1. The molecule has 0 radical (unpaired) electrons. The lowest BCUT2D eigenvalue weighted by molar-refractivity contribution is 0.162. The van der Waals surface area contributed by atoms with E-state index >= 15 is 0 Å². The van der Waals surface area contributed by atoms with Gasteiger partial charge in [0.2, 0.25) is 0 Å². The summed E-state index contributed by atoms with van der Waals surface area (Å²) in [6.45, 7) is 7.98. The molecule has 3 rings (SSSR count). The fourth-order valence-electron chi connectivity index (χ4n) is 3.36. The molecule has 2 amide bonds. The SMILES string of the molecule is CCC[C@H]1c2ccc(C)n2CCN1C(=O)Nc1ccc(C)cc1. The van der Waals surface area contributed by atoms with E-state index in [1.807, 2.05) is 36.1 Å². The molecule has 2 aromatic rings. The van der Waals surface area contributed by atoms with Gasteiger partial charge in [0.25, 0.3) is 0 Å². The number of anilines is 1. The molecule has 1 aliphatic heterocycles. The van der Waals surface area contributed by atoms with Crippen LogP contribution < -0.4 is 5.32 Å². The molecule has 4 heteroatoms. The maximum atomic E-state index is 12.8. The fraction of sp³-hybridized carbons (Fsp3) is 0.421. The number of urea groups is 1. The summed E-state index contributed by atoms with van der Waals surface area (Å²) in [5.74, 6) is 0. The van der Waals surface area contributed by atoms with Crippen molar-refractivity contribution in [2.75, 3.05) is 11.9 Å². The number of nitrogens with one attached hydrogen (secondary N) is 1. The van der Waals surface area contributed by atoms with Gasteiger partial charge in [0, 0.05) is 30.2 Å². The number of fused-ring (bicyclic) bond motifs is 1. The van der Waals surface area contributed by atoms with Gasteiger partial charge in [-0.25, -0.2) is 4.79 Å². The van der Waals surface area contributed by atoms with Gasteiger partial charge in [0.15, 0.2) is 0 Å². The third-order valence-electron chi connectivity index (χ3n) is 4.64. The molecule has 0 fully saturated rings. The highest BCUT2D eigenvalue weighted by Gasteiger charge is 2.30. The zero-order chi connectivity index (χ0) is 16.4. The quantitative estimate of drug-likeness (QED) is 0.890. The van der Waals surface area contributed by atoms with Crippen LogP contribution in [0.2, 0.25) is 0 Å². The van der Waals surface area contributed by atoms with Crippen LogP contribution in [0.25, 0.3) is 0 Å². The Morgan fingerprint density at radius 1 is 1.13 bits per heavy atom. The average molecular weight is 311 g/mol. The van der Waals surface area contributed by atoms with E-state index in [2.05, 4.69) is 35.9 Å². The second-order valence-corrected chi connectivity index (χ2v) is 6.35. The van der Waals surface area contributed by atoms with Crippen molar-refractivity contribution in [1.82, 2.24) is 9.47 Å². The minimum atomic E-state index is -0.00240. The number of carbonyl (C=O) groups is 1. The largest absolute Gasteiger partial charge is 0.345 e. The maximum absolute atomic E-state index is 12.8. The lowest BCUT2D eigenvalue weighted by Crippen LogP contribution is -2.44. The zero-order valence-electron chi connectivity index (χ0n) is 14.2. The topological polar surface area (TPSA) is 37.3 Å². The molecule has 0 saturated heterocycles. The van der Waals surface area contributed by atoms with E-state index in [4.69, 9.17) is 0 Å². The first-order chi connectivity index (χ1) is 11.1. The first kappa shape index (κ1) is 15.7. The normalized spacial score (nSPS) is 17.0. The van der Waals surface area contributed by atoms with Crippen molar-refractivity contribution in [2.24, 2.45) is 0 Å². The number of amides is 2. The van der Waals surface area contributed by atoms with Crippen LogP contribution in [0.1, 0.15) is 42.8 Å². The van der Waals surface area contributed by atoms with Gasteiger partial charge in [-0.05, 0) is 44.5 Å². The summed E-state index contributed by atoms with van der Waals surface area (Å²) >= 11 is 0. The monoisotopic (exact) mass is 311 g/mol. The van der Waals surface area contributed by atoms with E-state index in [1.54, 1.807) is 0 Å². The van der Waals surface area contributed by atoms with Crippen LogP contribution in [0.4, 0.5) is 10.5 Å². The Balaban J connectivity index is 1.80. The van der Waals surface area contributed by atoms with Crippen LogP contribution in [0.15, 0.2) is 36.4 Å². The molecule has 0 aliphatic carbocycles. The molecule has 4 nitrogen and oxygen atoms in total. The second kappa shape index (κ2) is 6.49. The third kappa shape index (κ3) is 3.11. The van der Waals surface area contributed by atoms with Crippen LogP contribution in [0.5, 0.6) is 0 Å². The number of rotatable bonds is 3. The molecule has 1 aromatic heterocycles. The molecule has 1 aliphatic rings. The van der Waals surface area contributed by atoms with Gasteiger partial charge in [0.1, 0.15) is 0 Å². The molecule has 0 bridgehead atoms. The Morgan fingerprint density at radius 2 is 1.87 bits per heavy atom. The molecular weight excluding hydrogens is 286 g/mol. The second-order valence-electron chi connectivity index (χ2n) is 6.35. The van der Waals surface area contributed by atoms with Crippen molar-refractivity contribution in [1.29, 1.82) is 0 Å². The number of benzene rings is 1. The third-order valence-corrected chi connectivity index (χ3v) is 4.64. The highest BCUT2D eigenvalue weighted by Crippen LogP contribution is 2.31. The molecule has 1 aromatic carbocycles. The molecule has 2 heterocycles. The Bertz CT molecular complexity index is 687. The molecular formula is C19H25N3O. The summed E-state index contributed by atoms with van der Waals surface area (Å²) in [6.07, 6.45) is 2.05. The Morgan fingerprint density at radius 3 is 2.57 bits per heavy atom. The van der Waals surface area contributed by atoms with Crippen LogP contribution >= 0.6 is 0 Å². The summed E-state index contributed by atoms with van der Waals surface area (Å²) in [7, 11) is 0. The van der Waals surface area contributed by atoms with Gasteiger partial charge in [-0.15, -0.1) is 0 Å². The number of nitrogens with zero attached hydrogens (tertiary/aromatic N) is 2. The first-order valence-corrected chi connectivity index (χ1v) is 8.40. The van der Waals surface area contributed by atoms with E-state index in [0.717, 1.165) is 31.6 Å². The van der Waals surface area contributed by atoms with Gasteiger partial charge in [-0.1, -0.05) is 31.0 Å². The predicted molar refractivity (Wildman–Crippen MR) is 93.7 cm³/mol. The smallest absolute Gasteiger partial charge is 0.322 e. The lowest BCUT2D eigenvalue weighted by atomic mass is 10.0. The van der Waals surface area contributed by atoms with E-state index in [1.165, 1.54) is 17.0 Å². The molecule has 0 unspecified atom stereocenters. The first-order valence-electron chi connectivity index (χ1n) is 8.40. The molecule has 23 heavy (non-hydrogen) atoms. The lowest BCUT2D eigenvalue weighted by Gasteiger charge is -2.37. The van der Waals surface area contributed by atoms with Crippen LogP contribution in [-0.4, -0.2) is 22.0 Å². The van der Waals surface area contributed by atoms with Crippen LogP contribution in [-0.2, 0) is 6.54 Å². The summed E-state index contributed by atoms with van der Waals surface area (Å²) in [4.78, 5) is 14.7. The van der Waals surface area contributed by atoms with Crippen molar-refractivity contribution >= 4 is 11.7 Å². The average Bonchev–Trinajstić information content (AvgIpc) is 2.92. The van der Waals surface area contributed by atoms with Crippen molar-refractivity contribution in [2.45, 2.75) is 46.2 Å². The maximum Gasteiger partial charge on any atom is 0.322 e. The van der Waals surface area contributed by atoms with Gasteiger partial charge >= 0.3 is 6.03 Å². The number of aryl methyl sites for hydroxylation is 2. The number of hydrogen-bond acceptors (Lipinski definition) is 1. The number of aromatic nitrogens is 1. The Hall–Kier alpha value is -2.23. The summed E-state index contributed by atoms with van der Waals surface area (Å²) in [5.41, 5.74) is 4.58. The highest BCUT2D eigenvalue weighted by atomic mass is 16.2. The van der Waals surface area contributed by atoms with E-state index in [-0.39, 0.29) is 12.1 Å².